The minimum absolute atomic E-state index is 0.0522. The fraction of sp³-hybridized carbons (Fsp3) is 0.667. The van der Waals surface area contributed by atoms with Crippen molar-refractivity contribution in [1.29, 1.82) is 0 Å². The number of nitrogens with zero attached hydrogens (tertiary/aromatic N) is 2. The average Bonchev–Trinajstić information content (AvgIpc) is 2.60. The van der Waals surface area contributed by atoms with Crippen LogP contribution in [0.5, 0.6) is 0 Å². The van der Waals surface area contributed by atoms with Gasteiger partial charge in [0.1, 0.15) is 5.82 Å². The molecule has 0 radical (unpaired) electrons. The highest BCUT2D eigenvalue weighted by Crippen LogP contribution is 2.27. The third-order valence-electron chi connectivity index (χ3n) is 4.66. The van der Waals surface area contributed by atoms with Crippen molar-refractivity contribution in [3.8, 4) is 0 Å². The molecule has 24 heavy (non-hydrogen) atoms. The number of anilines is 1. The van der Waals surface area contributed by atoms with Crippen LogP contribution in [0.2, 0.25) is 0 Å². The number of aliphatic hydroxyl groups is 1. The topological polar surface area (TPSA) is 77.5 Å². The summed E-state index contributed by atoms with van der Waals surface area (Å²) in [5.74, 6) is 1.35. The number of hydrogen-bond donors (Lipinski definition) is 3. The summed E-state index contributed by atoms with van der Waals surface area (Å²) in [5.41, 5.74) is 0.827. The van der Waals surface area contributed by atoms with Crippen LogP contribution in [-0.2, 0) is 6.54 Å². The molecule has 1 atom stereocenters. The molecule has 1 fully saturated rings. The fourth-order valence-corrected chi connectivity index (χ4v) is 3.31. The molecule has 0 bridgehead atoms. The maximum atomic E-state index is 12.2. The molecule has 1 heterocycles. The molecule has 1 aliphatic rings. The Morgan fingerprint density at radius 2 is 2.08 bits per heavy atom. The Labute approximate surface area is 144 Å². The zero-order valence-electron chi connectivity index (χ0n) is 14.8. The Hall–Kier alpha value is -1.82. The lowest BCUT2D eigenvalue weighted by atomic mass is 9.83. The second kappa shape index (κ2) is 9.47. The van der Waals surface area contributed by atoms with Crippen molar-refractivity contribution in [3.63, 3.8) is 0 Å². The van der Waals surface area contributed by atoms with Crippen molar-refractivity contribution in [2.75, 3.05) is 25.6 Å². The molecule has 1 saturated carbocycles. The van der Waals surface area contributed by atoms with Crippen molar-refractivity contribution < 1.29 is 9.90 Å². The molecule has 6 nitrogen and oxygen atoms in total. The molecule has 134 valence electrons. The molecule has 1 aromatic rings. The summed E-state index contributed by atoms with van der Waals surface area (Å²) in [6, 6.07) is 5.64. The molecule has 0 spiro atoms. The van der Waals surface area contributed by atoms with Gasteiger partial charge in [-0.15, -0.1) is 0 Å². The number of pyridine rings is 1. The van der Waals surface area contributed by atoms with Gasteiger partial charge in [0.25, 0.3) is 0 Å². The van der Waals surface area contributed by atoms with Crippen LogP contribution in [0.15, 0.2) is 18.2 Å². The van der Waals surface area contributed by atoms with E-state index in [1.165, 1.54) is 19.3 Å². The zero-order valence-corrected chi connectivity index (χ0v) is 14.8. The maximum Gasteiger partial charge on any atom is 0.315 e. The smallest absolute Gasteiger partial charge is 0.315 e. The first-order valence-electron chi connectivity index (χ1n) is 8.88. The van der Waals surface area contributed by atoms with Crippen molar-refractivity contribution in [2.24, 2.45) is 5.92 Å². The number of urea groups is 1. The minimum Gasteiger partial charge on any atom is -0.396 e. The Bertz CT molecular complexity index is 515. The minimum atomic E-state index is -0.184. The first kappa shape index (κ1) is 18.5. The Balaban J connectivity index is 1.85. The average molecular weight is 334 g/mol. The molecular weight excluding hydrogens is 304 g/mol. The summed E-state index contributed by atoms with van der Waals surface area (Å²) in [5, 5.41) is 15.2. The highest BCUT2D eigenvalue weighted by molar-refractivity contribution is 5.74. The van der Waals surface area contributed by atoms with Gasteiger partial charge in [-0.25, -0.2) is 9.78 Å². The van der Waals surface area contributed by atoms with Crippen molar-refractivity contribution >= 4 is 11.8 Å². The van der Waals surface area contributed by atoms with Gasteiger partial charge in [0.05, 0.1) is 12.2 Å². The number of aromatic nitrogens is 1. The Kier molecular flexibility index (Phi) is 7.31. The number of aliphatic hydroxyl groups excluding tert-OH is 1. The number of rotatable bonds is 7. The molecule has 6 heteroatoms. The second-order valence-electron chi connectivity index (χ2n) is 6.73. The van der Waals surface area contributed by atoms with Crippen LogP contribution in [0.25, 0.3) is 0 Å². The predicted octanol–water partition coefficient (Wildman–Crippen LogP) is 2.28. The lowest BCUT2D eigenvalue weighted by molar-refractivity contribution is 0.196. The third-order valence-corrected chi connectivity index (χ3v) is 4.66. The molecule has 1 aromatic heterocycles. The second-order valence-corrected chi connectivity index (χ2v) is 6.73. The zero-order chi connectivity index (χ0) is 17.4. The number of carbonyl (C=O) groups excluding carboxylic acids is 1. The first-order valence-corrected chi connectivity index (χ1v) is 8.88. The van der Waals surface area contributed by atoms with Crippen molar-refractivity contribution in [2.45, 2.75) is 51.1 Å². The van der Waals surface area contributed by atoms with Crippen molar-refractivity contribution in [3.05, 3.63) is 23.9 Å². The first-order chi connectivity index (χ1) is 11.6. The largest absolute Gasteiger partial charge is 0.396 e. The molecule has 2 rings (SSSR count). The van der Waals surface area contributed by atoms with E-state index in [2.05, 4.69) is 15.6 Å². The monoisotopic (exact) mass is 334 g/mol. The predicted molar refractivity (Wildman–Crippen MR) is 96.0 cm³/mol. The molecule has 1 unspecified atom stereocenters. The summed E-state index contributed by atoms with van der Waals surface area (Å²) in [6.07, 6.45) is 6.61. The maximum absolute atomic E-state index is 12.2. The van der Waals surface area contributed by atoms with E-state index >= 15 is 0 Å². The number of nitrogens with one attached hydrogen (secondary N) is 2. The standard InChI is InChI=1S/C18H30N4O2/c1-22(2)17-10-6-9-15(20-17)13-19-18(24)21-16(11-12-23)14-7-4-3-5-8-14/h6,9-10,14,16,23H,3-5,7-8,11-13H2,1-2H3,(H2,19,21,24). The summed E-state index contributed by atoms with van der Waals surface area (Å²) >= 11 is 0. The summed E-state index contributed by atoms with van der Waals surface area (Å²) in [6.45, 7) is 0.498. The highest BCUT2D eigenvalue weighted by atomic mass is 16.3. The van der Waals surface area contributed by atoms with Crippen molar-refractivity contribution in [1.82, 2.24) is 15.6 Å². The SMILES string of the molecule is CN(C)c1cccc(CNC(=O)NC(CCO)C2CCCCC2)n1. The highest BCUT2D eigenvalue weighted by Gasteiger charge is 2.24. The summed E-state index contributed by atoms with van der Waals surface area (Å²) < 4.78 is 0. The van der Waals surface area contributed by atoms with Gasteiger partial charge in [0.2, 0.25) is 0 Å². The lowest BCUT2D eigenvalue weighted by Gasteiger charge is -2.30. The van der Waals surface area contributed by atoms with E-state index in [4.69, 9.17) is 0 Å². The molecule has 0 saturated heterocycles. The van der Waals surface area contributed by atoms with Gasteiger partial charge in [-0.3, -0.25) is 0 Å². The van der Waals surface area contributed by atoms with E-state index in [0.29, 0.717) is 18.9 Å². The van der Waals surface area contributed by atoms with Crippen LogP contribution in [0.1, 0.15) is 44.2 Å². The van der Waals surface area contributed by atoms with E-state index in [0.717, 1.165) is 24.4 Å². The summed E-state index contributed by atoms with van der Waals surface area (Å²) in [7, 11) is 3.88. The molecule has 1 aliphatic carbocycles. The number of hydrogen-bond acceptors (Lipinski definition) is 4. The number of amides is 2. The van der Waals surface area contributed by atoms with Crippen LogP contribution in [0, 0.1) is 5.92 Å². The van der Waals surface area contributed by atoms with Gasteiger partial charge in [-0.1, -0.05) is 25.3 Å². The van der Waals surface area contributed by atoms with E-state index in [-0.39, 0.29) is 18.7 Å². The van der Waals surface area contributed by atoms with E-state index < -0.39 is 0 Å². The Morgan fingerprint density at radius 3 is 2.75 bits per heavy atom. The van der Waals surface area contributed by atoms with Gasteiger partial charge < -0.3 is 20.6 Å². The molecule has 0 aromatic carbocycles. The Morgan fingerprint density at radius 1 is 1.33 bits per heavy atom. The van der Waals surface area contributed by atoms with Crippen LogP contribution in [0.3, 0.4) is 0 Å². The van der Waals surface area contributed by atoms with Gasteiger partial charge >= 0.3 is 6.03 Å². The van der Waals surface area contributed by atoms with Crippen LogP contribution >= 0.6 is 0 Å². The van der Waals surface area contributed by atoms with Crippen LogP contribution in [-0.4, -0.2) is 42.9 Å². The molecular formula is C18H30N4O2. The number of carbonyl (C=O) groups is 1. The molecule has 0 aliphatic heterocycles. The molecule has 2 amide bonds. The lowest BCUT2D eigenvalue weighted by Crippen LogP contribution is -2.46. The van der Waals surface area contributed by atoms with Crippen LogP contribution < -0.4 is 15.5 Å². The van der Waals surface area contributed by atoms with Gasteiger partial charge in [0, 0.05) is 26.7 Å². The van der Waals surface area contributed by atoms with E-state index in [1.54, 1.807) is 0 Å². The summed E-state index contributed by atoms with van der Waals surface area (Å²) in [4.78, 5) is 18.6. The fourth-order valence-electron chi connectivity index (χ4n) is 3.31. The quantitative estimate of drug-likeness (QED) is 0.715. The van der Waals surface area contributed by atoms with E-state index in [1.807, 2.05) is 37.2 Å². The van der Waals surface area contributed by atoms with Gasteiger partial charge in [-0.05, 0) is 37.3 Å². The van der Waals surface area contributed by atoms with E-state index in [9.17, 15) is 9.90 Å². The van der Waals surface area contributed by atoms with Gasteiger partial charge in [0.15, 0.2) is 0 Å². The normalized spacial score (nSPS) is 16.5. The third kappa shape index (κ3) is 5.67. The molecule has 3 N–H and O–H groups in total. The van der Waals surface area contributed by atoms with Crippen LogP contribution in [0.4, 0.5) is 10.6 Å². The van der Waals surface area contributed by atoms with Gasteiger partial charge in [-0.2, -0.15) is 0 Å².